The van der Waals surface area contributed by atoms with Crippen molar-refractivity contribution in [2.24, 2.45) is 0 Å². The van der Waals surface area contributed by atoms with Gasteiger partial charge in [0.2, 0.25) is 0 Å². The number of fused-ring (bicyclic) bond motifs is 1. The molecule has 2 nitrogen and oxygen atoms in total. The molecule has 0 saturated carbocycles. The molecule has 0 spiro atoms. The van der Waals surface area contributed by atoms with Crippen LogP contribution in [0.3, 0.4) is 0 Å². The quantitative estimate of drug-likeness (QED) is 0.658. The van der Waals surface area contributed by atoms with Gasteiger partial charge in [0.05, 0.1) is 13.2 Å². The van der Waals surface area contributed by atoms with Crippen LogP contribution in [-0.2, 0) is 4.74 Å². The number of aliphatic hydroxyl groups excluding tert-OH is 1. The van der Waals surface area contributed by atoms with Crippen LogP contribution >= 0.6 is 22.9 Å². The summed E-state index contributed by atoms with van der Waals surface area (Å²) in [6.07, 6.45) is -0.576. The molecule has 4 heteroatoms. The average Bonchev–Trinajstić information content (AvgIpc) is 2.76. The molecule has 0 aliphatic carbocycles. The van der Waals surface area contributed by atoms with E-state index in [1.807, 2.05) is 23.6 Å². The second-order valence-electron chi connectivity index (χ2n) is 3.50. The summed E-state index contributed by atoms with van der Waals surface area (Å²) in [6.45, 7) is 0.766. The Kier molecular flexibility index (Phi) is 4.18. The first-order valence-corrected chi connectivity index (χ1v) is 6.51. The van der Waals surface area contributed by atoms with Crippen LogP contribution in [0.5, 0.6) is 0 Å². The standard InChI is InChI=1S/C12H13ClO2S/c13-4-5-15-8-11(14)9-1-2-12-10(7-9)3-6-16-12/h1-3,6-7,11,14H,4-5,8H2. The van der Waals surface area contributed by atoms with Gasteiger partial charge < -0.3 is 9.84 Å². The molecular formula is C12H13ClO2S. The minimum atomic E-state index is -0.576. The third-order valence-electron chi connectivity index (χ3n) is 2.36. The van der Waals surface area contributed by atoms with Gasteiger partial charge in [-0.25, -0.2) is 0 Å². The summed E-state index contributed by atoms with van der Waals surface area (Å²) in [4.78, 5) is 0. The van der Waals surface area contributed by atoms with Crippen molar-refractivity contribution >= 4 is 33.0 Å². The largest absolute Gasteiger partial charge is 0.386 e. The van der Waals surface area contributed by atoms with Crippen LogP contribution in [0.2, 0.25) is 0 Å². The van der Waals surface area contributed by atoms with Crippen molar-refractivity contribution in [2.75, 3.05) is 19.1 Å². The fourth-order valence-corrected chi connectivity index (χ4v) is 2.42. The third-order valence-corrected chi connectivity index (χ3v) is 3.41. The molecule has 1 aromatic carbocycles. The van der Waals surface area contributed by atoms with E-state index in [4.69, 9.17) is 16.3 Å². The number of ether oxygens (including phenoxy) is 1. The molecule has 0 fully saturated rings. The molecule has 0 amide bonds. The highest BCUT2D eigenvalue weighted by Gasteiger charge is 2.08. The Morgan fingerprint density at radius 3 is 3.06 bits per heavy atom. The summed E-state index contributed by atoms with van der Waals surface area (Å²) >= 11 is 7.19. The normalized spacial score (nSPS) is 13.1. The Balaban J connectivity index is 2.07. The van der Waals surface area contributed by atoms with E-state index >= 15 is 0 Å². The van der Waals surface area contributed by atoms with Gasteiger partial charge in [-0.15, -0.1) is 22.9 Å². The molecule has 1 aromatic heterocycles. The molecule has 0 aliphatic heterocycles. The molecule has 0 bridgehead atoms. The van der Waals surface area contributed by atoms with Crippen molar-refractivity contribution in [1.29, 1.82) is 0 Å². The number of halogens is 1. The lowest BCUT2D eigenvalue weighted by Crippen LogP contribution is -2.08. The molecule has 1 N–H and O–H groups in total. The Bertz CT molecular complexity index is 455. The molecule has 2 rings (SSSR count). The van der Waals surface area contributed by atoms with Gasteiger partial charge in [0.15, 0.2) is 0 Å². The maximum atomic E-state index is 9.88. The van der Waals surface area contributed by atoms with Crippen LogP contribution in [0.1, 0.15) is 11.7 Å². The second-order valence-corrected chi connectivity index (χ2v) is 4.82. The van der Waals surface area contributed by atoms with Gasteiger partial charge in [0, 0.05) is 10.6 Å². The van der Waals surface area contributed by atoms with E-state index < -0.39 is 6.10 Å². The minimum Gasteiger partial charge on any atom is -0.386 e. The van der Waals surface area contributed by atoms with Crippen LogP contribution in [0.25, 0.3) is 10.1 Å². The lowest BCUT2D eigenvalue weighted by molar-refractivity contribution is 0.0429. The topological polar surface area (TPSA) is 29.5 Å². The molecule has 1 unspecified atom stereocenters. The van der Waals surface area contributed by atoms with Gasteiger partial charge in [-0.1, -0.05) is 6.07 Å². The van der Waals surface area contributed by atoms with E-state index in [0.29, 0.717) is 19.1 Å². The van der Waals surface area contributed by atoms with E-state index in [2.05, 4.69) is 6.07 Å². The number of hydrogen-bond acceptors (Lipinski definition) is 3. The Hall–Kier alpha value is -0.610. The highest BCUT2D eigenvalue weighted by atomic mass is 35.5. The molecule has 2 aromatic rings. The maximum absolute atomic E-state index is 9.88. The first-order valence-electron chi connectivity index (χ1n) is 5.10. The van der Waals surface area contributed by atoms with E-state index in [9.17, 15) is 5.11 Å². The lowest BCUT2D eigenvalue weighted by atomic mass is 10.1. The molecule has 0 aliphatic rings. The van der Waals surface area contributed by atoms with E-state index in [1.54, 1.807) is 11.3 Å². The van der Waals surface area contributed by atoms with Crippen molar-refractivity contribution in [2.45, 2.75) is 6.10 Å². The lowest BCUT2D eigenvalue weighted by Gasteiger charge is -2.11. The van der Waals surface area contributed by atoms with Crippen molar-refractivity contribution in [1.82, 2.24) is 0 Å². The number of aliphatic hydroxyl groups is 1. The monoisotopic (exact) mass is 256 g/mol. The van der Waals surface area contributed by atoms with Crippen LogP contribution in [0, 0.1) is 0 Å². The molecule has 86 valence electrons. The molecular weight excluding hydrogens is 244 g/mol. The molecule has 1 atom stereocenters. The number of hydrogen-bond donors (Lipinski definition) is 1. The third kappa shape index (κ3) is 2.74. The van der Waals surface area contributed by atoms with Crippen LogP contribution < -0.4 is 0 Å². The Morgan fingerprint density at radius 1 is 1.38 bits per heavy atom. The second kappa shape index (κ2) is 5.64. The van der Waals surface area contributed by atoms with Crippen LogP contribution in [-0.4, -0.2) is 24.2 Å². The Morgan fingerprint density at radius 2 is 2.25 bits per heavy atom. The molecule has 0 saturated heterocycles. The maximum Gasteiger partial charge on any atom is 0.102 e. The van der Waals surface area contributed by atoms with Gasteiger partial charge in [-0.05, 0) is 34.5 Å². The first-order chi connectivity index (χ1) is 7.81. The zero-order chi connectivity index (χ0) is 11.4. The zero-order valence-corrected chi connectivity index (χ0v) is 10.3. The van der Waals surface area contributed by atoms with Gasteiger partial charge in [-0.3, -0.25) is 0 Å². The highest BCUT2D eigenvalue weighted by Crippen LogP contribution is 2.24. The molecule has 0 radical (unpaired) electrons. The fourth-order valence-electron chi connectivity index (χ4n) is 1.54. The summed E-state index contributed by atoms with van der Waals surface area (Å²) in [5.74, 6) is 0.455. The molecule has 1 heterocycles. The predicted octanol–water partition coefficient (Wildman–Crippen LogP) is 3.19. The van der Waals surface area contributed by atoms with Crippen LogP contribution in [0.15, 0.2) is 29.6 Å². The number of thiophene rings is 1. The van der Waals surface area contributed by atoms with Crippen LogP contribution in [0.4, 0.5) is 0 Å². The van der Waals surface area contributed by atoms with Gasteiger partial charge >= 0.3 is 0 Å². The summed E-state index contributed by atoms with van der Waals surface area (Å²) in [5.41, 5.74) is 0.889. The minimum absolute atomic E-state index is 0.294. The zero-order valence-electron chi connectivity index (χ0n) is 8.73. The summed E-state index contributed by atoms with van der Waals surface area (Å²) in [7, 11) is 0. The number of rotatable bonds is 5. The fraction of sp³-hybridized carbons (Fsp3) is 0.333. The first kappa shape index (κ1) is 11.9. The van der Waals surface area contributed by atoms with E-state index in [1.165, 1.54) is 10.1 Å². The van der Waals surface area contributed by atoms with Crippen molar-refractivity contribution in [3.05, 3.63) is 35.2 Å². The summed E-state index contributed by atoms with van der Waals surface area (Å²) in [6, 6.07) is 8.02. The van der Waals surface area contributed by atoms with Crippen molar-refractivity contribution in [3.8, 4) is 0 Å². The van der Waals surface area contributed by atoms with Gasteiger partial charge in [0.1, 0.15) is 6.10 Å². The number of alkyl halides is 1. The van der Waals surface area contributed by atoms with Gasteiger partial charge in [0.25, 0.3) is 0 Å². The molecule has 16 heavy (non-hydrogen) atoms. The number of benzene rings is 1. The van der Waals surface area contributed by atoms with E-state index in [-0.39, 0.29) is 0 Å². The SMILES string of the molecule is OC(COCCCl)c1ccc2sccc2c1. The van der Waals surface area contributed by atoms with Crippen molar-refractivity contribution in [3.63, 3.8) is 0 Å². The van der Waals surface area contributed by atoms with Gasteiger partial charge in [-0.2, -0.15) is 0 Å². The summed E-state index contributed by atoms with van der Waals surface area (Å²) < 4.78 is 6.45. The average molecular weight is 257 g/mol. The van der Waals surface area contributed by atoms with E-state index in [0.717, 1.165) is 5.56 Å². The predicted molar refractivity (Wildman–Crippen MR) is 68.3 cm³/mol. The van der Waals surface area contributed by atoms with Crippen molar-refractivity contribution < 1.29 is 9.84 Å². The Labute approximate surface area is 103 Å². The smallest absolute Gasteiger partial charge is 0.102 e. The summed E-state index contributed by atoms with van der Waals surface area (Å²) in [5, 5.41) is 13.1. The highest BCUT2D eigenvalue weighted by molar-refractivity contribution is 7.17.